The highest BCUT2D eigenvalue weighted by atomic mass is 16.4. The third-order valence-electron chi connectivity index (χ3n) is 6.12. The average Bonchev–Trinajstić information content (AvgIpc) is 3.25. The number of carboxylic acid groups (broad SMARTS) is 1. The molecular weight excluding hydrogens is 328 g/mol. The van der Waals surface area contributed by atoms with Crippen LogP contribution in [-0.4, -0.2) is 35.0 Å². The van der Waals surface area contributed by atoms with Gasteiger partial charge < -0.3 is 10.4 Å². The van der Waals surface area contributed by atoms with Gasteiger partial charge in [0, 0.05) is 12.2 Å². The van der Waals surface area contributed by atoms with Crippen LogP contribution in [0, 0.1) is 23.7 Å². The lowest BCUT2D eigenvalue weighted by Gasteiger charge is -2.26. The minimum Gasteiger partial charge on any atom is -0.481 e. The Bertz CT molecular complexity index is 706. The molecule has 1 aliphatic heterocycles. The summed E-state index contributed by atoms with van der Waals surface area (Å²) in [5.41, 5.74) is 1.99. The maximum absolute atomic E-state index is 12.7. The van der Waals surface area contributed by atoms with E-state index in [-0.39, 0.29) is 17.7 Å². The van der Waals surface area contributed by atoms with E-state index in [1.54, 1.807) is 0 Å². The van der Waals surface area contributed by atoms with Crippen molar-refractivity contribution >= 4 is 17.6 Å². The molecule has 0 spiro atoms. The van der Waals surface area contributed by atoms with E-state index in [0.29, 0.717) is 0 Å². The number of carbonyl (C=O) groups is 2. The summed E-state index contributed by atoms with van der Waals surface area (Å²) in [5, 5.41) is 12.4. The van der Waals surface area contributed by atoms with Crippen molar-refractivity contribution in [1.82, 2.24) is 4.90 Å². The summed E-state index contributed by atoms with van der Waals surface area (Å²) in [6.45, 7) is 3.27. The Kier molecular flexibility index (Phi) is 4.81. The van der Waals surface area contributed by atoms with Crippen LogP contribution in [0.2, 0.25) is 0 Å². The number of piperidine rings is 1. The lowest BCUT2D eigenvalue weighted by Crippen LogP contribution is -2.36. The van der Waals surface area contributed by atoms with E-state index in [2.05, 4.69) is 22.3 Å². The van der Waals surface area contributed by atoms with Gasteiger partial charge in [0.15, 0.2) is 0 Å². The molecule has 1 saturated heterocycles. The van der Waals surface area contributed by atoms with Crippen LogP contribution in [0.15, 0.2) is 36.4 Å². The van der Waals surface area contributed by atoms with E-state index < -0.39 is 17.8 Å². The molecule has 26 heavy (non-hydrogen) atoms. The van der Waals surface area contributed by atoms with Gasteiger partial charge in [-0.2, -0.15) is 0 Å². The third kappa shape index (κ3) is 3.40. The zero-order chi connectivity index (χ0) is 18.1. The first kappa shape index (κ1) is 17.3. The van der Waals surface area contributed by atoms with E-state index in [1.165, 1.54) is 24.8 Å². The second-order valence-electron chi connectivity index (χ2n) is 7.86. The van der Waals surface area contributed by atoms with Crippen molar-refractivity contribution in [2.45, 2.75) is 32.2 Å². The quantitative estimate of drug-likeness (QED) is 0.797. The number of anilines is 1. The van der Waals surface area contributed by atoms with Crippen molar-refractivity contribution < 1.29 is 14.7 Å². The largest absolute Gasteiger partial charge is 0.481 e. The molecule has 4 rings (SSSR count). The van der Waals surface area contributed by atoms with Crippen LogP contribution in [0.1, 0.15) is 31.2 Å². The summed E-state index contributed by atoms with van der Waals surface area (Å²) in [6.07, 6.45) is 8.63. The summed E-state index contributed by atoms with van der Waals surface area (Å²) in [7, 11) is 0. The zero-order valence-electron chi connectivity index (χ0n) is 14.9. The molecule has 1 aromatic rings. The smallest absolute Gasteiger partial charge is 0.307 e. The molecule has 0 aromatic heterocycles. The molecular formula is C21H26N2O3. The van der Waals surface area contributed by atoms with Crippen molar-refractivity contribution in [2.75, 3.05) is 18.4 Å². The highest BCUT2D eigenvalue weighted by molar-refractivity contribution is 5.96. The number of hydrogen-bond acceptors (Lipinski definition) is 3. The van der Waals surface area contributed by atoms with Crippen molar-refractivity contribution in [3.63, 3.8) is 0 Å². The number of rotatable bonds is 5. The Hall–Kier alpha value is -2.14. The molecule has 0 radical (unpaired) electrons. The SMILES string of the molecule is O=C(Nc1ccc(CN2CCCCC2)cc1)[C@@H]1[C@H](C(=O)O)[C@H]2C=C[C@H]1C2. The molecule has 138 valence electrons. The lowest BCUT2D eigenvalue weighted by atomic mass is 9.82. The Morgan fingerprint density at radius 3 is 2.31 bits per heavy atom. The summed E-state index contributed by atoms with van der Waals surface area (Å²) in [4.78, 5) is 26.7. The molecule has 1 amide bonds. The van der Waals surface area contributed by atoms with Crippen molar-refractivity contribution in [1.29, 1.82) is 0 Å². The van der Waals surface area contributed by atoms with Gasteiger partial charge in [-0.15, -0.1) is 0 Å². The van der Waals surface area contributed by atoms with Gasteiger partial charge in [-0.25, -0.2) is 0 Å². The van der Waals surface area contributed by atoms with E-state index in [4.69, 9.17) is 0 Å². The van der Waals surface area contributed by atoms with Crippen LogP contribution in [0.5, 0.6) is 0 Å². The second kappa shape index (κ2) is 7.23. The van der Waals surface area contributed by atoms with Gasteiger partial charge >= 0.3 is 5.97 Å². The van der Waals surface area contributed by atoms with Crippen molar-refractivity contribution in [3.05, 3.63) is 42.0 Å². The molecule has 2 bridgehead atoms. The highest BCUT2D eigenvalue weighted by Crippen LogP contribution is 2.48. The molecule has 5 heteroatoms. The van der Waals surface area contributed by atoms with E-state index in [0.717, 1.165) is 31.7 Å². The molecule has 2 fully saturated rings. The van der Waals surface area contributed by atoms with Crippen LogP contribution in [0.3, 0.4) is 0 Å². The predicted molar refractivity (Wildman–Crippen MR) is 99.6 cm³/mol. The Morgan fingerprint density at radius 1 is 1.00 bits per heavy atom. The van der Waals surface area contributed by atoms with E-state index in [9.17, 15) is 14.7 Å². The number of fused-ring (bicyclic) bond motifs is 2. The van der Waals surface area contributed by atoms with Gasteiger partial charge in [0.1, 0.15) is 0 Å². The number of benzene rings is 1. The highest BCUT2D eigenvalue weighted by Gasteiger charge is 2.51. The summed E-state index contributed by atoms with van der Waals surface area (Å²) in [5.74, 6) is -2.03. The van der Waals surface area contributed by atoms with Crippen LogP contribution >= 0.6 is 0 Å². The standard InChI is InChI=1S/C21H26N2O3/c24-20(18-15-6-7-16(12-15)19(18)21(25)26)22-17-8-4-14(5-9-17)13-23-10-2-1-3-11-23/h4-9,15-16,18-19H,1-3,10-13H2,(H,22,24)(H,25,26)/t15-,16-,18-,19+/m0/s1. The fourth-order valence-corrected chi connectivity index (χ4v) is 4.81. The number of carbonyl (C=O) groups excluding carboxylic acids is 1. The normalized spacial score (nSPS) is 30.5. The number of nitrogens with zero attached hydrogens (tertiary/aromatic N) is 1. The molecule has 1 saturated carbocycles. The van der Waals surface area contributed by atoms with Crippen LogP contribution in [0.25, 0.3) is 0 Å². The third-order valence-corrected chi connectivity index (χ3v) is 6.12. The number of allylic oxidation sites excluding steroid dienone is 2. The first-order valence-corrected chi connectivity index (χ1v) is 9.65. The Morgan fingerprint density at radius 2 is 1.65 bits per heavy atom. The molecule has 0 unspecified atom stereocenters. The number of amides is 1. The lowest BCUT2D eigenvalue weighted by molar-refractivity contribution is -0.146. The Balaban J connectivity index is 1.38. The molecule has 3 aliphatic rings. The number of likely N-dealkylation sites (tertiary alicyclic amines) is 1. The first-order chi connectivity index (χ1) is 12.6. The summed E-state index contributed by atoms with van der Waals surface area (Å²) in [6, 6.07) is 7.96. The number of hydrogen-bond donors (Lipinski definition) is 2. The fraction of sp³-hybridized carbons (Fsp3) is 0.524. The van der Waals surface area contributed by atoms with Gasteiger partial charge in [-0.05, 0) is 61.9 Å². The van der Waals surface area contributed by atoms with E-state index in [1.807, 2.05) is 24.3 Å². The van der Waals surface area contributed by atoms with Crippen molar-refractivity contribution in [3.8, 4) is 0 Å². The predicted octanol–water partition coefficient (Wildman–Crippen LogP) is 3.13. The van der Waals surface area contributed by atoms with Crippen molar-refractivity contribution in [2.24, 2.45) is 23.7 Å². The molecule has 2 aliphatic carbocycles. The van der Waals surface area contributed by atoms with Crippen LogP contribution in [-0.2, 0) is 16.1 Å². The molecule has 5 nitrogen and oxygen atoms in total. The molecule has 4 atom stereocenters. The van der Waals surface area contributed by atoms with Crippen LogP contribution in [0.4, 0.5) is 5.69 Å². The minimum absolute atomic E-state index is 0.000156. The van der Waals surface area contributed by atoms with Gasteiger partial charge in [0.25, 0.3) is 0 Å². The van der Waals surface area contributed by atoms with E-state index >= 15 is 0 Å². The minimum atomic E-state index is -0.862. The van der Waals surface area contributed by atoms with Gasteiger partial charge in [0.05, 0.1) is 11.8 Å². The molecule has 1 aromatic carbocycles. The van der Waals surface area contributed by atoms with Crippen LogP contribution < -0.4 is 5.32 Å². The zero-order valence-corrected chi connectivity index (χ0v) is 14.9. The fourth-order valence-electron chi connectivity index (χ4n) is 4.81. The Labute approximate surface area is 154 Å². The van der Waals surface area contributed by atoms with Gasteiger partial charge in [0.2, 0.25) is 5.91 Å². The van der Waals surface area contributed by atoms with Gasteiger partial charge in [-0.1, -0.05) is 30.7 Å². The van der Waals surface area contributed by atoms with Gasteiger partial charge in [-0.3, -0.25) is 14.5 Å². The molecule has 1 heterocycles. The summed E-state index contributed by atoms with van der Waals surface area (Å²) >= 11 is 0. The molecule has 2 N–H and O–H groups in total. The first-order valence-electron chi connectivity index (χ1n) is 9.65. The maximum atomic E-state index is 12.7. The maximum Gasteiger partial charge on any atom is 0.307 e. The number of nitrogens with one attached hydrogen (secondary N) is 1. The number of aliphatic carboxylic acids is 1. The average molecular weight is 354 g/mol. The monoisotopic (exact) mass is 354 g/mol. The number of carboxylic acids is 1. The second-order valence-corrected chi connectivity index (χ2v) is 7.86. The summed E-state index contributed by atoms with van der Waals surface area (Å²) < 4.78 is 0. The topological polar surface area (TPSA) is 69.6 Å².